The number of amidine groups is 1. The number of ether oxygens (including phenoxy) is 2. The van der Waals surface area contributed by atoms with E-state index in [-0.39, 0.29) is 22.8 Å². The highest BCUT2D eigenvalue weighted by Crippen LogP contribution is 2.26. The molecule has 0 radical (unpaired) electrons. The van der Waals surface area contributed by atoms with Gasteiger partial charge in [-0.25, -0.2) is 4.99 Å². The lowest BCUT2D eigenvalue weighted by Crippen LogP contribution is -2.23. The third-order valence-electron chi connectivity index (χ3n) is 3.91. The second-order valence-electron chi connectivity index (χ2n) is 6.39. The van der Waals surface area contributed by atoms with Crippen LogP contribution in [0.15, 0.2) is 83.9 Å². The fraction of sp³-hybridized carbons (Fsp3) is 0.0909. The number of hydrogen-bond donors (Lipinski definition) is 1. The Labute approximate surface area is 183 Å². The van der Waals surface area contributed by atoms with Crippen LogP contribution in [0.1, 0.15) is 10.4 Å². The molecule has 0 unspecified atom stereocenters. The fourth-order valence-corrected chi connectivity index (χ4v) is 2.59. The normalized spacial score (nSPS) is 12.2. The standard InChI is InChI=1S/C22H14F6N2O3/c23-21(24,25)32-17-10-6-15(7-11-17)29-20(19(31)14-4-2-1-3-5-14)30-16-8-12-18(13-9-16)33-22(26,27)28/h1-13H,(H,29,30). The summed E-state index contributed by atoms with van der Waals surface area (Å²) in [5, 5.41) is 2.72. The van der Waals surface area contributed by atoms with Crippen molar-refractivity contribution in [3.8, 4) is 11.5 Å². The summed E-state index contributed by atoms with van der Waals surface area (Å²) in [6, 6.07) is 17.1. The van der Waals surface area contributed by atoms with E-state index < -0.39 is 30.0 Å². The number of hydrogen-bond acceptors (Lipinski definition) is 4. The van der Waals surface area contributed by atoms with E-state index in [9.17, 15) is 31.1 Å². The summed E-state index contributed by atoms with van der Waals surface area (Å²) in [5.41, 5.74) is 0.621. The number of nitrogens with one attached hydrogen (secondary N) is 1. The van der Waals surface area contributed by atoms with E-state index in [0.717, 1.165) is 24.3 Å². The molecule has 3 rings (SSSR count). The average Bonchev–Trinajstić information content (AvgIpc) is 2.74. The van der Waals surface area contributed by atoms with Crippen molar-refractivity contribution in [1.29, 1.82) is 0 Å². The lowest BCUT2D eigenvalue weighted by molar-refractivity contribution is -0.275. The highest BCUT2D eigenvalue weighted by Gasteiger charge is 2.31. The summed E-state index contributed by atoms with van der Waals surface area (Å²) in [5.74, 6) is -1.69. The molecule has 172 valence electrons. The zero-order chi connectivity index (χ0) is 24.1. The van der Waals surface area contributed by atoms with Gasteiger partial charge >= 0.3 is 12.7 Å². The van der Waals surface area contributed by atoms with Crippen LogP contribution in [-0.4, -0.2) is 24.3 Å². The largest absolute Gasteiger partial charge is 0.573 e. The Morgan fingerprint density at radius 1 is 0.697 bits per heavy atom. The van der Waals surface area contributed by atoms with Gasteiger partial charge < -0.3 is 14.8 Å². The van der Waals surface area contributed by atoms with Crippen LogP contribution in [0.4, 0.5) is 37.7 Å². The van der Waals surface area contributed by atoms with Gasteiger partial charge in [0.2, 0.25) is 5.78 Å². The molecule has 11 heteroatoms. The van der Waals surface area contributed by atoms with Crippen LogP contribution < -0.4 is 14.8 Å². The van der Waals surface area contributed by atoms with Crippen LogP contribution in [0.3, 0.4) is 0 Å². The van der Waals surface area contributed by atoms with E-state index in [1.807, 2.05) is 0 Å². The van der Waals surface area contributed by atoms with Crippen LogP contribution in [0.25, 0.3) is 0 Å². The summed E-state index contributed by atoms with van der Waals surface area (Å²) >= 11 is 0. The number of carbonyl (C=O) groups excluding carboxylic acids is 1. The molecule has 5 nitrogen and oxygen atoms in total. The summed E-state index contributed by atoms with van der Waals surface area (Å²) < 4.78 is 81.6. The van der Waals surface area contributed by atoms with Crippen molar-refractivity contribution in [3.63, 3.8) is 0 Å². The van der Waals surface area contributed by atoms with E-state index in [1.54, 1.807) is 18.2 Å². The van der Waals surface area contributed by atoms with Gasteiger partial charge in [0.05, 0.1) is 5.69 Å². The van der Waals surface area contributed by atoms with Gasteiger partial charge in [-0.05, 0) is 48.5 Å². The molecule has 33 heavy (non-hydrogen) atoms. The number of aliphatic imine (C=N–C) groups is 1. The van der Waals surface area contributed by atoms with Crippen LogP contribution in [0, 0.1) is 0 Å². The molecular weight excluding hydrogens is 454 g/mol. The maximum Gasteiger partial charge on any atom is 0.573 e. The Kier molecular flexibility index (Phi) is 6.90. The molecular formula is C22H14F6N2O3. The maximum atomic E-state index is 12.9. The van der Waals surface area contributed by atoms with Gasteiger partial charge in [0, 0.05) is 11.3 Å². The fourth-order valence-electron chi connectivity index (χ4n) is 2.59. The predicted octanol–water partition coefficient (Wildman–Crippen LogP) is 6.51. The molecule has 0 aromatic heterocycles. The SMILES string of the molecule is O=C(C(=Nc1ccc(OC(F)(F)F)cc1)Nc1ccc(OC(F)(F)F)cc1)c1ccccc1. The molecule has 0 heterocycles. The average molecular weight is 468 g/mol. The van der Waals surface area contributed by atoms with Crippen LogP contribution in [0.5, 0.6) is 11.5 Å². The van der Waals surface area contributed by atoms with Crippen LogP contribution in [-0.2, 0) is 0 Å². The number of Topliss-reactive ketones (excluding diaryl/α,β-unsaturated/α-hetero) is 1. The van der Waals surface area contributed by atoms with E-state index in [4.69, 9.17) is 0 Å². The first-order chi connectivity index (χ1) is 15.5. The molecule has 0 spiro atoms. The Bertz CT molecular complexity index is 1110. The summed E-state index contributed by atoms with van der Waals surface area (Å²) in [6.45, 7) is 0. The lowest BCUT2D eigenvalue weighted by atomic mass is 10.1. The maximum absolute atomic E-state index is 12.9. The van der Waals surface area contributed by atoms with E-state index in [2.05, 4.69) is 19.8 Å². The number of rotatable bonds is 6. The second-order valence-corrected chi connectivity index (χ2v) is 6.39. The number of halogens is 6. The topological polar surface area (TPSA) is 59.9 Å². The second kappa shape index (κ2) is 9.63. The molecule has 3 aromatic carbocycles. The minimum Gasteiger partial charge on any atom is -0.406 e. The molecule has 0 saturated carbocycles. The Morgan fingerprint density at radius 3 is 1.67 bits per heavy atom. The van der Waals surface area contributed by atoms with E-state index in [1.165, 1.54) is 36.4 Å². The summed E-state index contributed by atoms with van der Waals surface area (Å²) in [7, 11) is 0. The number of nitrogens with zero attached hydrogens (tertiary/aromatic N) is 1. The molecule has 0 amide bonds. The van der Waals surface area contributed by atoms with Gasteiger partial charge in [0.15, 0.2) is 5.84 Å². The van der Waals surface area contributed by atoms with Gasteiger partial charge in [-0.3, -0.25) is 4.79 Å². The first-order valence-electron chi connectivity index (χ1n) is 9.16. The van der Waals surface area contributed by atoms with E-state index >= 15 is 0 Å². The van der Waals surface area contributed by atoms with Crippen molar-refractivity contribution >= 4 is 23.0 Å². The molecule has 0 aliphatic heterocycles. The highest BCUT2D eigenvalue weighted by molar-refractivity contribution is 6.49. The van der Waals surface area contributed by atoms with E-state index in [0.29, 0.717) is 0 Å². The molecule has 0 aliphatic rings. The number of carbonyl (C=O) groups is 1. The monoisotopic (exact) mass is 468 g/mol. The highest BCUT2D eigenvalue weighted by atomic mass is 19.4. The number of alkyl halides is 6. The Morgan fingerprint density at radius 2 is 1.18 bits per heavy atom. The molecule has 0 atom stereocenters. The molecule has 0 bridgehead atoms. The van der Waals surface area contributed by atoms with Crippen molar-refractivity contribution in [3.05, 3.63) is 84.4 Å². The molecule has 0 aliphatic carbocycles. The number of anilines is 1. The number of benzene rings is 3. The summed E-state index contributed by atoms with van der Waals surface area (Å²) in [4.78, 5) is 17.1. The molecule has 0 fully saturated rings. The zero-order valence-electron chi connectivity index (χ0n) is 16.4. The van der Waals surface area contributed by atoms with Crippen molar-refractivity contribution < 1.29 is 40.6 Å². The molecule has 3 aromatic rings. The Balaban J connectivity index is 1.88. The summed E-state index contributed by atoms with van der Waals surface area (Å²) in [6.07, 6.45) is -9.71. The first-order valence-corrected chi connectivity index (χ1v) is 9.16. The van der Waals surface area contributed by atoms with Crippen molar-refractivity contribution in [2.75, 3.05) is 5.32 Å². The minimum absolute atomic E-state index is 0.133. The Hall–Kier alpha value is -4.02. The van der Waals surface area contributed by atoms with Crippen molar-refractivity contribution in [1.82, 2.24) is 0 Å². The van der Waals surface area contributed by atoms with Crippen LogP contribution in [0.2, 0.25) is 0 Å². The molecule has 1 N–H and O–H groups in total. The minimum atomic E-state index is -4.86. The van der Waals surface area contributed by atoms with Gasteiger partial charge in [-0.15, -0.1) is 26.3 Å². The van der Waals surface area contributed by atoms with Gasteiger partial charge in [0.25, 0.3) is 0 Å². The van der Waals surface area contributed by atoms with Gasteiger partial charge in [0.1, 0.15) is 11.5 Å². The number of ketones is 1. The predicted molar refractivity (Wildman–Crippen MR) is 108 cm³/mol. The van der Waals surface area contributed by atoms with Crippen LogP contribution >= 0.6 is 0 Å². The third kappa shape index (κ3) is 7.56. The van der Waals surface area contributed by atoms with Crippen molar-refractivity contribution in [2.24, 2.45) is 4.99 Å². The smallest absolute Gasteiger partial charge is 0.406 e. The van der Waals surface area contributed by atoms with Crippen molar-refractivity contribution in [2.45, 2.75) is 12.7 Å². The quantitative estimate of drug-likeness (QED) is 0.194. The molecule has 0 saturated heterocycles. The van der Waals surface area contributed by atoms with Gasteiger partial charge in [-0.2, -0.15) is 0 Å². The van der Waals surface area contributed by atoms with Gasteiger partial charge in [-0.1, -0.05) is 30.3 Å². The lowest BCUT2D eigenvalue weighted by Gasteiger charge is -2.12. The zero-order valence-corrected chi connectivity index (χ0v) is 16.4. The third-order valence-corrected chi connectivity index (χ3v) is 3.91. The first kappa shape index (κ1) is 23.6.